The van der Waals surface area contributed by atoms with Crippen molar-refractivity contribution in [3.8, 4) is 11.1 Å². The van der Waals surface area contributed by atoms with Gasteiger partial charge in [-0.15, -0.1) is 0 Å². The molecule has 0 bridgehead atoms. The summed E-state index contributed by atoms with van der Waals surface area (Å²) >= 11 is 0. The van der Waals surface area contributed by atoms with Crippen LogP contribution in [0.15, 0.2) is 83.9 Å². The first-order chi connectivity index (χ1) is 14.2. The number of nitrogens with zero attached hydrogens (tertiary/aromatic N) is 2. The second kappa shape index (κ2) is 8.10. The smallest absolute Gasteiger partial charge is 0.343 e. The van der Waals surface area contributed by atoms with E-state index in [0.717, 1.165) is 16.7 Å². The summed E-state index contributed by atoms with van der Waals surface area (Å²) in [6, 6.07) is 21.8. The van der Waals surface area contributed by atoms with Crippen LogP contribution in [0.4, 0.5) is 0 Å². The average molecular weight is 384 g/mol. The molecule has 5 heteroatoms. The molecule has 0 amide bonds. The lowest BCUT2D eigenvalue weighted by Crippen LogP contribution is -2.22. The molecule has 5 nitrogen and oxygen atoms in total. The predicted molar refractivity (Wildman–Crippen MR) is 113 cm³/mol. The van der Waals surface area contributed by atoms with Gasteiger partial charge in [0.25, 0.3) is 0 Å². The standard InChI is InChI=1S/C24H20N2O3/c1-2-29-24(28)20-16-26(21-13-8-14-25-22(21)23(20)27)15-18-11-6-7-12-19(18)17-9-4-3-5-10-17/h3-14,16H,2,15H2,1H3. The maximum absolute atomic E-state index is 12.8. The number of carbonyl (C=O) groups is 1. The van der Waals surface area contributed by atoms with Crippen LogP contribution in [0.3, 0.4) is 0 Å². The molecular formula is C24H20N2O3. The largest absolute Gasteiger partial charge is 0.462 e. The number of esters is 1. The van der Waals surface area contributed by atoms with Crippen LogP contribution in [0.2, 0.25) is 0 Å². The van der Waals surface area contributed by atoms with Crippen molar-refractivity contribution in [3.63, 3.8) is 0 Å². The highest BCUT2D eigenvalue weighted by atomic mass is 16.5. The zero-order chi connectivity index (χ0) is 20.2. The third-order valence-electron chi connectivity index (χ3n) is 4.78. The number of rotatable bonds is 5. The molecule has 2 aromatic carbocycles. The first kappa shape index (κ1) is 18.6. The number of ether oxygens (including phenoxy) is 1. The first-order valence-electron chi connectivity index (χ1n) is 9.47. The zero-order valence-electron chi connectivity index (χ0n) is 16.0. The van der Waals surface area contributed by atoms with E-state index in [0.29, 0.717) is 12.1 Å². The van der Waals surface area contributed by atoms with E-state index >= 15 is 0 Å². The topological polar surface area (TPSA) is 61.2 Å². The van der Waals surface area contributed by atoms with E-state index in [4.69, 9.17) is 4.74 Å². The van der Waals surface area contributed by atoms with E-state index in [1.165, 1.54) is 0 Å². The molecule has 0 saturated heterocycles. The van der Waals surface area contributed by atoms with Gasteiger partial charge in [-0.2, -0.15) is 0 Å². The van der Waals surface area contributed by atoms with Gasteiger partial charge in [0.2, 0.25) is 5.43 Å². The summed E-state index contributed by atoms with van der Waals surface area (Å²) in [5, 5.41) is 0. The Balaban J connectivity index is 1.87. The molecule has 144 valence electrons. The maximum Gasteiger partial charge on any atom is 0.343 e. The molecule has 0 N–H and O–H groups in total. The van der Waals surface area contributed by atoms with Crippen molar-refractivity contribution < 1.29 is 9.53 Å². The van der Waals surface area contributed by atoms with Crippen molar-refractivity contribution in [2.45, 2.75) is 13.5 Å². The highest BCUT2D eigenvalue weighted by molar-refractivity contribution is 5.92. The third kappa shape index (κ3) is 3.67. The van der Waals surface area contributed by atoms with Gasteiger partial charge in [0.15, 0.2) is 0 Å². The zero-order valence-corrected chi connectivity index (χ0v) is 16.0. The summed E-state index contributed by atoms with van der Waals surface area (Å²) in [7, 11) is 0. The highest BCUT2D eigenvalue weighted by Gasteiger charge is 2.18. The lowest BCUT2D eigenvalue weighted by atomic mass is 9.99. The van der Waals surface area contributed by atoms with Crippen LogP contribution >= 0.6 is 0 Å². The van der Waals surface area contributed by atoms with Crippen LogP contribution in [-0.4, -0.2) is 22.1 Å². The minimum absolute atomic E-state index is 0.00441. The minimum atomic E-state index is -0.629. The Bertz CT molecular complexity index is 1230. The lowest BCUT2D eigenvalue weighted by Gasteiger charge is -2.15. The molecule has 0 fully saturated rings. The number of pyridine rings is 2. The Labute approximate surface area is 168 Å². The van der Waals surface area contributed by atoms with Crippen molar-refractivity contribution in [2.75, 3.05) is 6.61 Å². The fraction of sp³-hybridized carbons (Fsp3) is 0.125. The Hall–Kier alpha value is -3.73. The van der Waals surface area contributed by atoms with Crippen molar-refractivity contribution in [2.24, 2.45) is 0 Å². The van der Waals surface area contributed by atoms with Gasteiger partial charge in [-0.1, -0.05) is 54.6 Å². The molecule has 29 heavy (non-hydrogen) atoms. The van der Waals surface area contributed by atoms with Crippen LogP contribution in [0, 0.1) is 0 Å². The van der Waals surface area contributed by atoms with E-state index < -0.39 is 11.4 Å². The molecule has 0 aliphatic rings. The SMILES string of the molecule is CCOC(=O)c1cn(Cc2ccccc2-c2ccccc2)c2cccnc2c1=O. The molecule has 0 atom stereocenters. The Morgan fingerprint density at radius 3 is 2.55 bits per heavy atom. The fourth-order valence-electron chi connectivity index (χ4n) is 3.44. The molecule has 0 aliphatic carbocycles. The van der Waals surface area contributed by atoms with Crippen molar-refractivity contribution >= 4 is 17.0 Å². The molecule has 0 saturated carbocycles. The van der Waals surface area contributed by atoms with Crippen LogP contribution in [0.25, 0.3) is 22.2 Å². The van der Waals surface area contributed by atoms with Crippen LogP contribution < -0.4 is 5.43 Å². The number of hydrogen-bond donors (Lipinski definition) is 0. The number of benzene rings is 2. The summed E-state index contributed by atoms with van der Waals surface area (Å²) in [5.41, 5.74) is 3.80. The number of hydrogen-bond acceptors (Lipinski definition) is 4. The van der Waals surface area contributed by atoms with Crippen LogP contribution in [0.5, 0.6) is 0 Å². The number of aromatic nitrogens is 2. The molecule has 4 rings (SSSR count). The summed E-state index contributed by atoms with van der Waals surface area (Å²) in [5.74, 6) is -0.629. The maximum atomic E-state index is 12.8. The molecule has 2 heterocycles. The van der Waals surface area contributed by atoms with Gasteiger partial charge >= 0.3 is 5.97 Å². The quantitative estimate of drug-likeness (QED) is 0.482. The number of carbonyl (C=O) groups excluding carboxylic acids is 1. The van der Waals surface area contributed by atoms with Gasteiger partial charge in [0.1, 0.15) is 11.1 Å². The van der Waals surface area contributed by atoms with Gasteiger partial charge in [0, 0.05) is 18.9 Å². The minimum Gasteiger partial charge on any atom is -0.462 e. The van der Waals surface area contributed by atoms with E-state index in [2.05, 4.69) is 23.2 Å². The summed E-state index contributed by atoms with van der Waals surface area (Å²) in [6.07, 6.45) is 3.13. The highest BCUT2D eigenvalue weighted by Crippen LogP contribution is 2.25. The molecule has 4 aromatic rings. The van der Waals surface area contributed by atoms with Gasteiger partial charge in [-0.05, 0) is 35.7 Å². The van der Waals surface area contributed by atoms with E-state index in [1.54, 1.807) is 25.4 Å². The number of fused-ring (bicyclic) bond motifs is 1. The summed E-state index contributed by atoms with van der Waals surface area (Å²) < 4.78 is 6.96. The predicted octanol–water partition coefficient (Wildman–Crippen LogP) is 4.29. The third-order valence-corrected chi connectivity index (χ3v) is 4.78. The van der Waals surface area contributed by atoms with E-state index in [9.17, 15) is 9.59 Å². The van der Waals surface area contributed by atoms with Crippen LogP contribution in [-0.2, 0) is 11.3 Å². The monoisotopic (exact) mass is 384 g/mol. The normalized spacial score (nSPS) is 10.8. The van der Waals surface area contributed by atoms with Gasteiger partial charge in [0.05, 0.1) is 12.1 Å². The van der Waals surface area contributed by atoms with E-state index in [-0.39, 0.29) is 17.7 Å². The fourth-order valence-corrected chi connectivity index (χ4v) is 3.44. The Kier molecular flexibility index (Phi) is 5.20. The summed E-state index contributed by atoms with van der Waals surface area (Å²) in [6.45, 7) is 2.40. The average Bonchev–Trinajstić information content (AvgIpc) is 2.77. The van der Waals surface area contributed by atoms with Gasteiger partial charge in [-0.3, -0.25) is 9.78 Å². The molecular weight excluding hydrogens is 364 g/mol. The lowest BCUT2D eigenvalue weighted by molar-refractivity contribution is 0.0524. The van der Waals surface area contributed by atoms with Crippen molar-refractivity contribution in [1.82, 2.24) is 9.55 Å². The Morgan fingerprint density at radius 2 is 1.76 bits per heavy atom. The summed E-state index contributed by atoms with van der Waals surface area (Å²) in [4.78, 5) is 29.3. The molecule has 0 radical (unpaired) electrons. The van der Waals surface area contributed by atoms with Crippen LogP contribution in [0.1, 0.15) is 22.8 Å². The molecule has 0 unspecified atom stereocenters. The van der Waals surface area contributed by atoms with E-state index in [1.807, 2.05) is 47.0 Å². The molecule has 2 aromatic heterocycles. The molecule has 0 aliphatic heterocycles. The van der Waals surface area contributed by atoms with Crippen molar-refractivity contribution in [1.29, 1.82) is 0 Å². The molecule has 0 spiro atoms. The second-order valence-electron chi connectivity index (χ2n) is 6.61. The van der Waals surface area contributed by atoms with Gasteiger partial charge < -0.3 is 9.30 Å². The van der Waals surface area contributed by atoms with Crippen molar-refractivity contribution in [3.05, 3.63) is 100 Å². The van der Waals surface area contributed by atoms with Gasteiger partial charge in [-0.25, -0.2) is 4.79 Å². The second-order valence-corrected chi connectivity index (χ2v) is 6.61. The first-order valence-corrected chi connectivity index (χ1v) is 9.47. The Morgan fingerprint density at radius 1 is 1.00 bits per heavy atom.